The van der Waals surface area contributed by atoms with E-state index in [1.807, 2.05) is 0 Å². The van der Waals surface area contributed by atoms with Crippen molar-refractivity contribution in [1.29, 1.82) is 0 Å². The second kappa shape index (κ2) is 4.97. The van der Waals surface area contributed by atoms with Crippen molar-refractivity contribution in [2.45, 2.75) is 23.8 Å². The van der Waals surface area contributed by atoms with Gasteiger partial charge in [0.2, 0.25) is 5.91 Å². The molecule has 0 aromatic heterocycles. The van der Waals surface area contributed by atoms with Crippen LogP contribution in [0.1, 0.15) is 12.8 Å². The molecule has 0 aliphatic carbocycles. The number of hydrogen-bond donors (Lipinski definition) is 2. The van der Waals surface area contributed by atoms with Crippen LogP contribution >= 0.6 is 0 Å². The van der Waals surface area contributed by atoms with Crippen LogP contribution in [0, 0.1) is 0 Å². The standard InChI is InChI=1S/C12H16N2O3S/c1-18(16,17)11-5-3-2-4-10(11)14-9-6-7-12(15)13-8-9/h2-5,9,14H,6-8H2,1H3,(H,13,15). The van der Waals surface area contributed by atoms with E-state index < -0.39 is 9.84 Å². The smallest absolute Gasteiger partial charge is 0.220 e. The summed E-state index contributed by atoms with van der Waals surface area (Å²) in [5.41, 5.74) is 0.598. The molecule has 2 N–H and O–H groups in total. The van der Waals surface area contributed by atoms with Gasteiger partial charge in [0.15, 0.2) is 9.84 Å². The van der Waals surface area contributed by atoms with Gasteiger partial charge in [0.05, 0.1) is 10.6 Å². The van der Waals surface area contributed by atoms with Gasteiger partial charge < -0.3 is 10.6 Å². The van der Waals surface area contributed by atoms with E-state index >= 15 is 0 Å². The van der Waals surface area contributed by atoms with Crippen molar-refractivity contribution < 1.29 is 13.2 Å². The Morgan fingerprint density at radius 3 is 2.67 bits per heavy atom. The van der Waals surface area contributed by atoms with Crippen molar-refractivity contribution in [3.05, 3.63) is 24.3 Å². The van der Waals surface area contributed by atoms with E-state index in [4.69, 9.17) is 0 Å². The highest BCUT2D eigenvalue weighted by Gasteiger charge is 2.20. The lowest BCUT2D eigenvalue weighted by atomic mass is 10.1. The molecule has 1 fully saturated rings. The minimum Gasteiger partial charge on any atom is -0.379 e. The number of piperidine rings is 1. The van der Waals surface area contributed by atoms with Gasteiger partial charge in [-0.15, -0.1) is 0 Å². The number of para-hydroxylation sites is 1. The Morgan fingerprint density at radius 1 is 1.33 bits per heavy atom. The van der Waals surface area contributed by atoms with Crippen LogP contribution in [0.5, 0.6) is 0 Å². The van der Waals surface area contributed by atoms with Crippen molar-refractivity contribution in [2.75, 3.05) is 18.1 Å². The van der Waals surface area contributed by atoms with Gasteiger partial charge in [-0.1, -0.05) is 12.1 Å². The minimum atomic E-state index is -3.24. The summed E-state index contributed by atoms with van der Waals surface area (Å²) in [6, 6.07) is 6.89. The molecule has 1 amide bonds. The highest BCUT2D eigenvalue weighted by Crippen LogP contribution is 2.22. The van der Waals surface area contributed by atoms with Crippen LogP contribution in [0.15, 0.2) is 29.2 Å². The van der Waals surface area contributed by atoms with E-state index in [0.29, 0.717) is 30.0 Å². The van der Waals surface area contributed by atoms with E-state index in [0.717, 1.165) is 0 Å². The van der Waals surface area contributed by atoms with E-state index in [9.17, 15) is 13.2 Å². The summed E-state index contributed by atoms with van der Waals surface area (Å²) in [7, 11) is -3.24. The predicted octanol–water partition coefficient (Wildman–Crippen LogP) is 0.781. The summed E-state index contributed by atoms with van der Waals surface area (Å²) < 4.78 is 23.3. The zero-order valence-corrected chi connectivity index (χ0v) is 11.0. The molecular formula is C12H16N2O3S. The predicted molar refractivity (Wildman–Crippen MR) is 69.2 cm³/mol. The maximum atomic E-state index is 11.6. The van der Waals surface area contributed by atoms with Crippen molar-refractivity contribution in [3.8, 4) is 0 Å². The second-order valence-electron chi connectivity index (χ2n) is 4.45. The van der Waals surface area contributed by atoms with Gasteiger partial charge in [0.25, 0.3) is 0 Å². The summed E-state index contributed by atoms with van der Waals surface area (Å²) in [4.78, 5) is 11.3. The zero-order valence-electron chi connectivity index (χ0n) is 10.1. The van der Waals surface area contributed by atoms with E-state index in [1.54, 1.807) is 24.3 Å². The van der Waals surface area contributed by atoms with E-state index in [2.05, 4.69) is 10.6 Å². The molecule has 1 unspecified atom stereocenters. The number of rotatable bonds is 3. The molecular weight excluding hydrogens is 252 g/mol. The van der Waals surface area contributed by atoms with Gasteiger partial charge in [-0.05, 0) is 18.6 Å². The third-order valence-corrected chi connectivity index (χ3v) is 4.07. The number of hydrogen-bond acceptors (Lipinski definition) is 4. The minimum absolute atomic E-state index is 0.0458. The molecule has 0 bridgehead atoms. The zero-order chi connectivity index (χ0) is 13.2. The summed E-state index contributed by atoms with van der Waals surface area (Å²) in [5, 5.41) is 5.94. The van der Waals surface area contributed by atoms with Crippen LogP contribution in [0.4, 0.5) is 5.69 Å². The summed E-state index contributed by atoms with van der Waals surface area (Å²) in [5.74, 6) is 0.0458. The molecule has 6 heteroatoms. The summed E-state index contributed by atoms with van der Waals surface area (Å²) in [6.45, 7) is 0.525. The number of amides is 1. The van der Waals surface area contributed by atoms with Gasteiger partial charge in [0, 0.05) is 25.3 Å². The molecule has 98 valence electrons. The third kappa shape index (κ3) is 3.01. The Kier molecular flexibility index (Phi) is 3.56. The Labute approximate surface area is 107 Å². The lowest BCUT2D eigenvalue weighted by Gasteiger charge is -2.25. The summed E-state index contributed by atoms with van der Waals surface area (Å²) >= 11 is 0. The normalized spacial score (nSPS) is 20.3. The van der Waals surface area contributed by atoms with Crippen LogP contribution in [0.3, 0.4) is 0 Å². The molecule has 1 aliphatic heterocycles. The molecule has 1 atom stereocenters. The van der Waals surface area contributed by atoms with Gasteiger partial charge >= 0.3 is 0 Å². The second-order valence-corrected chi connectivity index (χ2v) is 6.44. The van der Waals surface area contributed by atoms with Crippen LogP contribution in [-0.2, 0) is 14.6 Å². The molecule has 1 heterocycles. The van der Waals surface area contributed by atoms with E-state index in [-0.39, 0.29) is 11.9 Å². The Morgan fingerprint density at radius 2 is 2.06 bits per heavy atom. The Hall–Kier alpha value is -1.56. The number of anilines is 1. The van der Waals surface area contributed by atoms with Gasteiger partial charge in [-0.2, -0.15) is 0 Å². The lowest BCUT2D eigenvalue weighted by Crippen LogP contribution is -2.42. The highest BCUT2D eigenvalue weighted by molar-refractivity contribution is 7.90. The highest BCUT2D eigenvalue weighted by atomic mass is 32.2. The van der Waals surface area contributed by atoms with Gasteiger partial charge in [-0.3, -0.25) is 4.79 Å². The maximum absolute atomic E-state index is 11.6. The molecule has 5 nitrogen and oxygen atoms in total. The van der Waals surface area contributed by atoms with Crippen molar-refractivity contribution in [3.63, 3.8) is 0 Å². The quantitative estimate of drug-likeness (QED) is 0.849. The van der Waals surface area contributed by atoms with Gasteiger partial charge in [0.1, 0.15) is 0 Å². The first-order valence-electron chi connectivity index (χ1n) is 5.79. The molecule has 1 aliphatic rings. The average molecular weight is 268 g/mol. The number of benzene rings is 1. The fourth-order valence-corrected chi connectivity index (χ4v) is 2.84. The molecule has 0 radical (unpaired) electrons. The fourth-order valence-electron chi connectivity index (χ4n) is 1.99. The Bertz CT molecular complexity index is 544. The lowest BCUT2D eigenvalue weighted by molar-refractivity contribution is -0.122. The SMILES string of the molecule is CS(=O)(=O)c1ccccc1NC1CCC(=O)NC1. The van der Waals surface area contributed by atoms with Gasteiger partial charge in [-0.25, -0.2) is 8.42 Å². The maximum Gasteiger partial charge on any atom is 0.220 e. The average Bonchev–Trinajstić information content (AvgIpc) is 2.31. The number of sulfone groups is 1. The first kappa shape index (κ1) is 12.9. The van der Waals surface area contributed by atoms with Crippen molar-refractivity contribution in [1.82, 2.24) is 5.32 Å². The third-order valence-electron chi connectivity index (χ3n) is 2.91. The largest absolute Gasteiger partial charge is 0.379 e. The first-order valence-corrected chi connectivity index (χ1v) is 7.68. The Balaban J connectivity index is 2.17. The fraction of sp³-hybridized carbons (Fsp3) is 0.417. The number of carbonyl (C=O) groups is 1. The topological polar surface area (TPSA) is 75.3 Å². The molecule has 1 saturated heterocycles. The molecule has 18 heavy (non-hydrogen) atoms. The van der Waals surface area contributed by atoms with E-state index in [1.165, 1.54) is 6.26 Å². The van der Waals surface area contributed by atoms with Crippen LogP contribution in [-0.4, -0.2) is 33.2 Å². The van der Waals surface area contributed by atoms with Crippen LogP contribution < -0.4 is 10.6 Å². The number of carbonyl (C=O) groups excluding carboxylic acids is 1. The molecule has 0 spiro atoms. The van der Waals surface area contributed by atoms with Crippen molar-refractivity contribution in [2.24, 2.45) is 0 Å². The molecule has 1 aromatic carbocycles. The van der Waals surface area contributed by atoms with Crippen LogP contribution in [0.2, 0.25) is 0 Å². The molecule has 2 rings (SSSR count). The summed E-state index contributed by atoms with van der Waals surface area (Å²) in [6.07, 6.45) is 2.37. The van der Waals surface area contributed by atoms with Crippen LogP contribution in [0.25, 0.3) is 0 Å². The monoisotopic (exact) mass is 268 g/mol. The molecule has 1 aromatic rings. The first-order chi connectivity index (χ1) is 8.47. The van der Waals surface area contributed by atoms with Crippen molar-refractivity contribution >= 4 is 21.4 Å². The number of nitrogens with one attached hydrogen (secondary N) is 2. The molecule has 0 saturated carbocycles.